The first kappa shape index (κ1) is 30.9. The van der Waals surface area contributed by atoms with E-state index in [1.54, 1.807) is 24.8 Å². The van der Waals surface area contributed by atoms with Crippen molar-refractivity contribution in [2.45, 2.75) is 32.7 Å². The van der Waals surface area contributed by atoms with Crippen molar-refractivity contribution in [2.24, 2.45) is 14.1 Å². The van der Waals surface area contributed by atoms with Crippen molar-refractivity contribution in [3.05, 3.63) is 110 Å². The van der Waals surface area contributed by atoms with Gasteiger partial charge in [-0.25, -0.2) is 9.97 Å². The molecule has 1 aromatic carbocycles. The summed E-state index contributed by atoms with van der Waals surface area (Å²) in [5.74, 6) is 1.80. The molecule has 0 bridgehead atoms. The predicted octanol–water partition coefficient (Wildman–Crippen LogP) is 7.28. The Hall–Kier alpha value is -3.59. The Morgan fingerprint density at radius 3 is 1.73 bits per heavy atom. The van der Waals surface area contributed by atoms with Crippen LogP contribution >= 0.6 is 9.64 Å². The summed E-state index contributed by atoms with van der Waals surface area (Å²) < 4.78 is 6.19. The summed E-state index contributed by atoms with van der Waals surface area (Å²) in [7, 11) is 8.58. The van der Waals surface area contributed by atoms with E-state index in [2.05, 4.69) is 77.6 Å². The summed E-state index contributed by atoms with van der Waals surface area (Å²) in [5.41, 5.74) is 3.12. The zero-order valence-electron chi connectivity index (χ0n) is 23.0. The average Bonchev–Trinajstić information content (AvgIpc) is 3.76. The number of hydrogen-bond donors (Lipinski definition) is 0. The standard InChI is InChI=1S/C13H16N.2C9H9N3.ClH.Os/c1-2-3-6-10-14-11-9-12-7-4-5-8-13(12)14;2*1-12-7-6-11-9(12)8-4-2-3-5-10-8;;/h4-5,7-8,11H,2-3,6,10H2,1H3;2*2-7H,1H3;1H;/q-1;;;;+1/p-1. The first-order chi connectivity index (χ1) is 19.7. The number of para-hydroxylation sites is 1. The van der Waals surface area contributed by atoms with E-state index < -0.39 is 0 Å². The number of fused-ring (bicyclic) bond motifs is 1. The van der Waals surface area contributed by atoms with Gasteiger partial charge in [-0.1, -0.05) is 55.7 Å². The quantitative estimate of drug-likeness (QED) is 0.134. The molecule has 6 aromatic rings. The second-order valence-corrected chi connectivity index (χ2v) is 8.84. The molecule has 0 spiro atoms. The van der Waals surface area contributed by atoms with E-state index >= 15 is 0 Å². The van der Waals surface area contributed by atoms with E-state index in [1.807, 2.05) is 72.0 Å². The van der Waals surface area contributed by atoms with Crippen LogP contribution < -0.4 is 0 Å². The van der Waals surface area contributed by atoms with Crippen LogP contribution in [0.3, 0.4) is 0 Å². The number of aromatic nitrogens is 7. The van der Waals surface area contributed by atoms with Crippen molar-refractivity contribution in [3.63, 3.8) is 0 Å². The zero-order valence-corrected chi connectivity index (χ0v) is 26.3. The Morgan fingerprint density at radius 2 is 1.25 bits per heavy atom. The summed E-state index contributed by atoms with van der Waals surface area (Å²) in [4.78, 5) is 16.8. The van der Waals surface area contributed by atoms with Gasteiger partial charge in [-0.05, 0) is 30.7 Å². The topological polar surface area (TPSA) is 66.3 Å². The molecule has 0 aliphatic rings. The summed E-state index contributed by atoms with van der Waals surface area (Å²) in [6, 6.07) is 23.3. The van der Waals surface area contributed by atoms with Crippen LogP contribution in [0.2, 0.25) is 0 Å². The van der Waals surface area contributed by atoms with Crippen molar-refractivity contribution < 1.29 is 17.6 Å². The van der Waals surface area contributed by atoms with Gasteiger partial charge in [-0.2, -0.15) is 17.5 Å². The van der Waals surface area contributed by atoms with Crippen LogP contribution in [0, 0.1) is 6.07 Å². The average molecular weight is 730 g/mol. The fraction of sp³-hybridized carbons (Fsp3) is 0.226. The number of aryl methyl sites for hydroxylation is 3. The fourth-order valence-electron chi connectivity index (χ4n) is 4.00. The Labute approximate surface area is 250 Å². The summed E-state index contributed by atoms with van der Waals surface area (Å²) >= 11 is 1.33. The molecule has 6 rings (SSSR count). The predicted molar refractivity (Wildman–Crippen MR) is 159 cm³/mol. The van der Waals surface area contributed by atoms with Gasteiger partial charge >= 0.3 is 27.2 Å². The SMILES string of the molecule is CCCCCn1c[c-]c2ccccc21.Cn1ccnc1-c1ccccn1.Cn1ccnc1-c1ccccn1.[Cl][Os]. The van der Waals surface area contributed by atoms with Crippen molar-refractivity contribution in [1.29, 1.82) is 0 Å². The minimum atomic E-state index is 0.899. The number of unbranched alkanes of at least 4 members (excludes halogenated alkanes) is 2. The third-order valence-corrected chi connectivity index (χ3v) is 6.02. The number of benzene rings is 1. The van der Waals surface area contributed by atoms with Gasteiger partial charge in [-0.15, -0.1) is 6.07 Å². The summed E-state index contributed by atoms with van der Waals surface area (Å²) in [6.07, 6.45) is 16.8. The van der Waals surface area contributed by atoms with Gasteiger partial charge in [0.05, 0.1) is 0 Å². The van der Waals surface area contributed by atoms with Gasteiger partial charge in [0.2, 0.25) is 0 Å². The first-order valence-electron chi connectivity index (χ1n) is 13.0. The number of nitrogens with zero attached hydrogens (tertiary/aromatic N) is 7. The number of halogens is 1. The number of rotatable bonds is 6. The third-order valence-electron chi connectivity index (χ3n) is 6.02. The molecule has 9 heteroatoms. The summed E-state index contributed by atoms with van der Waals surface area (Å²) in [6.45, 7) is 3.36. The third kappa shape index (κ3) is 8.98. The molecule has 0 amide bonds. The Balaban J connectivity index is 0.000000161. The monoisotopic (exact) mass is 731 g/mol. The van der Waals surface area contributed by atoms with E-state index in [9.17, 15) is 0 Å². The fourth-order valence-corrected chi connectivity index (χ4v) is 4.00. The molecule has 7 nitrogen and oxygen atoms in total. The Bertz CT molecular complexity index is 1430. The van der Waals surface area contributed by atoms with E-state index in [0.29, 0.717) is 0 Å². The van der Waals surface area contributed by atoms with Crippen molar-refractivity contribution >= 4 is 20.5 Å². The van der Waals surface area contributed by atoms with Crippen molar-refractivity contribution in [3.8, 4) is 23.0 Å². The maximum absolute atomic E-state index is 4.67. The van der Waals surface area contributed by atoms with Crippen LogP contribution in [0.25, 0.3) is 33.9 Å². The van der Waals surface area contributed by atoms with Gasteiger partial charge in [0.15, 0.2) is 11.6 Å². The molecule has 0 atom stereocenters. The van der Waals surface area contributed by atoms with Crippen LogP contribution in [-0.2, 0) is 38.2 Å². The molecule has 209 valence electrons. The second kappa shape index (κ2) is 17.2. The van der Waals surface area contributed by atoms with E-state index in [1.165, 1.54) is 47.8 Å². The zero-order chi connectivity index (χ0) is 28.6. The maximum atomic E-state index is 4.67. The van der Waals surface area contributed by atoms with Gasteiger partial charge < -0.3 is 13.7 Å². The van der Waals surface area contributed by atoms with Crippen LogP contribution in [0.4, 0.5) is 0 Å². The van der Waals surface area contributed by atoms with Gasteiger partial charge in [0, 0.05) is 57.8 Å². The molecule has 0 fully saturated rings. The molecule has 5 heterocycles. The molecule has 5 aromatic heterocycles. The van der Waals surface area contributed by atoms with E-state index in [0.717, 1.165) is 29.6 Å². The van der Waals surface area contributed by atoms with E-state index in [-0.39, 0.29) is 0 Å². The molecule has 0 radical (unpaired) electrons. The normalized spacial score (nSPS) is 10.0. The first-order valence-corrected chi connectivity index (χ1v) is 16.2. The summed E-state index contributed by atoms with van der Waals surface area (Å²) in [5, 5.41) is 1.23. The van der Waals surface area contributed by atoms with Crippen molar-refractivity contribution in [1.82, 2.24) is 33.6 Å². The number of imidazole rings is 2. The van der Waals surface area contributed by atoms with Gasteiger partial charge in [0.1, 0.15) is 11.4 Å². The molecule has 0 aliphatic heterocycles. The molecule has 0 saturated carbocycles. The number of hydrogen-bond acceptors (Lipinski definition) is 4. The van der Waals surface area contributed by atoms with Gasteiger partial charge in [0.25, 0.3) is 0 Å². The van der Waals surface area contributed by atoms with Gasteiger partial charge in [-0.3, -0.25) is 9.97 Å². The molecule has 0 saturated heterocycles. The van der Waals surface area contributed by atoms with Crippen LogP contribution in [0.1, 0.15) is 26.2 Å². The van der Waals surface area contributed by atoms with E-state index in [4.69, 9.17) is 0 Å². The van der Waals surface area contributed by atoms with Crippen LogP contribution in [0.15, 0.2) is 104 Å². The molecule has 40 heavy (non-hydrogen) atoms. The Morgan fingerprint density at radius 1 is 0.700 bits per heavy atom. The molecular weight excluding hydrogens is 696 g/mol. The number of pyridine rings is 2. The molecular formula is C31H34ClN7Os-. The van der Waals surface area contributed by atoms with Crippen LogP contribution in [-0.4, -0.2) is 33.6 Å². The van der Waals surface area contributed by atoms with Crippen molar-refractivity contribution in [2.75, 3.05) is 0 Å². The Kier molecular flexibility index (Phi) is 13.3. The van der Waals surface area contributed by atoms with Crippen LogP contribution in [0.5, 0.6) is 0 Å². The molecule has 0 N–H and O–H groups in total. The second-order valence-electron chi connectivity index (χ2n) is 8.84. The minimum absolute atomic E-state index is 0.899. The molecule has 0 aliphatic carbocycles. The molecule has 0 unspecified atom stereocenters.